The Labute approximate surface area is 132 Å². The summed E-state index contributed by atoms with van der Waals surface area (Å²) >= 11 is 0. The van der Waals surface area contributed by atoms with Crippen LogP contribution >= 0.6 is 0 Å². The van der Waals surface area contributed by atoms with Gasteiger partial charge < -0.3 is 20.1 Å². The Bertz CT molecular complexity index is 467. The highest BCUT2D eigenvalue weighted by Crippen LogP contribution is 2.19. The van der Waals surface area contributed by atoms with Crippen molar-refractivity contribution in [2.24, 2.45) is 0 Å². The Balaban J connectivity index is 1.75. The van der Waals surface area contributed by atoms with E-state index < -0.39 is 0 Å². The Morgan fingerprint density at radius 3 is 2.68 bits per heavy atom. The van der Waals surface area contributed by atoms with E-state index in [0.717, 1.165) is 37.1 Å². The van der Waals surface area contributed by atoms with Crippen LogP contribution in [0.2, 0.25) is 0 Å². The van der Waals surface area contributed by atoms with Gasteiger partial charge in [0, 0.05) is 20.1 Å². The van der Waals surface area contributed by atoms with E-state index in [9.17, 15) is 4.79 Å². The lowest BCUT2D eigenvalue weighted by atomic mass is 9.98. The van der Waals surface area contributed by atoms with Gasteiger partial charge in [-0.25, -0.2) is 0 Å². The van der Waals surface area contributed by atoms with Crippen LogP contribution in [0, 0.1) is 0 Å². The molecule has 1 fully saturated rings. The molecule has 1 heterocycles. The molecule has 1 unspecified atom stereocenters. The Kier molecular flexibility index (Phi) is 6.21. The van der Waals surface area contributed by atoms with Gasteiger partial charge in [-0.15, -0.1) is 0 Å². The molecule has 0 radical (unpaired) electrons. The number of amides is 1. The highest BCUT2D eigenvalue weighted by molar-refractivity contribution is 5.76. The minimum Gasteiger partial charge on any atom is -0.497 e. The van der Waals surface area contributed by atoms with Crippen LogP contribution in [0.25, 0.3) is 0 Å². The molecule has 1 atom stereocenters. The third kappa shape index (κ3) is 4.71. The molecule has 0 aliphatic carbocycles. The maximum atomic E-state index is 12.0. The van der Waals surface area contributed by atoms with Gasteiger partial charge >= 0.3 is 0 Å². The van der Waals surface area contributed by atoms with Crippen molar-refractivity contribution in [3.05, 3.63) is 29.8 Å². The van der Waals surface area contributed by atoms with Crippen molar-refractivity contribution in [1.29, 1.82) is 0 Å². The number of ether oxygens (including phenoxy) is 2. The zero-order valence-electron chi connectivity index (χ0n) is 13.5. The molecule has 1 aromatic carbocycles. The first-order chi connectivity index (χ1) is 10.7. The molecule has 122 valence electrons. The van der Waals surface area contributed by atoms with E-state index in [1.165, 1.54) is 0 Å². The van der Waals surface area contributed by atoms with E-state index in [4.69, 9.17) is 9.47 Å². The van der Waals surface area contributed by atoms with Crippen molar-refractivity contribution in [2.75, 3.05) is 33.9 Å². The molecule has 1 aliphatic rings. The van der Waals surface area contributed by atoms with Gasteiger partial charge in [0.05, 0.1) is 19.3 Å². The number of methoxy groups -OCH3 is 2. The van der Waals surface area contributed by atoms with Crippen LogP contribution in [0.5, 0.6) is 5.75 Å². The second kappa shape index (κ2) is 8.15. The van der Waals surface area contributed by atoms with Crippen molar-refractivity contribution in [3.63, 3.8) is 0 Å². The molecule has 5 heteroatoms. The summed E-state index contributed by atoms with van der Waals surface area (Å²) in [5.74, 6) is 0.919. The van der Waals surface area contributed by atoms with Crippen molar-refractivity contribution in [2.45, 2.75) is 31.2 Å². The van der Waals surface area contributed by atoms with E-state index in [2.05, 4.69) is 10.6 Å². The number of carbonyl (C=O) groups is 1. The van der Waals surface area contributed by atoms with Crippen molar-refractivity contribution in [1.82, 2.24) is 10.6 Å². The number of rotatable bonds is 8. The van der Waals surface area contributed by atoms with Crippen LogP contribution in [0.15, 0.2) is 24.3 Å². The molecule has 0 spiro atoms. The zero-order valence-corrected chi connectivity index (χ0v) is 13.5. The summed E-state index contributed by atoms with van der Waals surface area (Å²) in [4.78, 5) is 12.0. The van der Waals surface area contributed by atoms with E-state index >= 15 is 0 Å². The SMILES string of the molecule is COCC1(CNC(=O)CCc2ccc(OC)cc2)CCCN1. The van der Waals surface area contributed by atoms with Crippen LogP contribution in [0.4, 0.5) is 0 Å². The lowest BCUT2D eigenvalue weighted by Gasteiger charge is -2.29. The molecular weight excluding hydrogens is 280 g/mol. The van der Waals surface area contributed by atoms with E-state index in [1.807, 2.05) is 24.3 Å². The fraction of sp³-hybridized carbons (Fsp3) is 0.588. The average Bonchev–Trinajstić information content (AvgIpc) is 3.01. The standard InChI is InChI=1S/C17H26N2O3/c1-21-13-17(10-3-11-19-17)12-18-16(20)9-6-14-4-7-15(22-2)8-5-14/h4-5,7-8,19H,3,6,9-13H2,1-2H3,(H,18,20). The second-order valence-electron chi connectivity index (χ2n) is 5.87. The highest BCUT2D eigenvalue weighted by atomic mass is 16.5. The average molecular weight is 306 g/mol. The maximum absolute atomic E-state index is 12.0. The van der Waals surface area contributed by atoms with Crippen LogP contribution < -0.4 is 15.4 Å². The Hall–Kier alpha value is -1.59. The molecule has 1 aromatic rings. The predicted octanol–water partition coefficient (Wildman–Crippen LogP) is 1.51. The lowest BCUT2D eigenvalue weighted by Crippen LogP contribution is -2.53. The number of hydrogen-bond acceptors (Lipinski definition) is 4. The second-order valence-corrected chi connectivity index (χ2v) is 5.87. The summed E-state index contributed by atoms with van der Waals surface area (Å²) in [5, 5.41) is 6.50. The smallest absolute Gasteiger partial charge is 0.220 e. The molecule has 2 N–H and O–H groups in total. The molecule has 0 aromatic heterocycles. The van der Waals surface area contributed by atoms with Gasteiger partial charge in [0.25, 0.3) is 0 Å². The molecule has 0 saturated carbocycles. The van der Waals surface area contributed by atoms with Crippen LogP contribution in [-0.4, -0.2) is 45.4 Å². The van der Waals surface area contributed by atoms with E-state index in [0.29, 0.717) is 19.6 Å². The largest absolute Gasteiger partial charge is 0.497 e. The van der Waals surface area contributed by atoms with Crippen molar-refractivity contribution >= 4 is 5.91 Å². The summed E-state index contributed by atoms with van der Waals surface area (Å²) in [7, 11) is 3.35. The van der Waals surface area contributed by atoms with Gasteiger partial charge in [-0.1, -0.05) is 12.1 Å². The highest BCUT2D eigenvalue weighted by Gasteiger charge is 2.33. The summed E-state index contributed by atoms with van der Waals surface area (Å²) in [6, 6.07) is 7.83. The number of hydrogen-bond donors (Lipinski definition) is 2. The first kappa shape index (κ1) is 16.8. The number of nitrogens with one attached hydrogen (secondary N) is 2. The van der Waals surface area contributed by atoms with E-state index in [-0.39, 0.29) is 11.4 Å². The molecule has 5 nitrogen and oxygen atoms in total. The Morgan fingerprint density at radius 1 is 1.32 bits per heavy atom. The van der Waals surface area contributed by atoms with Gasteiger partial charge in [-0.3, -0.25) is 4.79 Å². The predicted molar refractivity (Wildman–Crippen MR) is 86.2 cm³/mol. The third-order valence-electron chi connectivity index (χ3n) is 4.18. The summed E-state index contributed by atoms with van der Waals surface area (Å²) in [6.07, 6.45) is 3.40. The first-order valence-corrected chi connectivity index (χ1v) is 7.81. The topological polar surface area (TPSA) is 59.6 Å². The summed E-state index contributed by atoms with van der Waals surface area (Å²) in [5.41, 5.74) is 1.05. The number of benzene rings is 1. The molecular formula is C17H26N2O3. The van der Waals surface area contributed by atoms with Gasteiger partial charge in [0.15, 0.2) is 0 Å². The zero-order chi connectivity index (χ0) is 15.8. The quantitative estimate of drug-likeness (QED) is 0.764. The van der Waals surface area contributed by atoms with Gasteiger partial charge in [0.2, 0.25) is 5.91 Å². The van der Waals surface area contributed by atoms with Crippen molar-refractivity contribution in [3.8, 4) is 5.75 Å². The lowest BCUT2D eigenvalue weighted by molar-refractivity contribution is -0.121. The molecule has 1 amide bonds. The fourth-order valence-electron chi connectivity index (χ4n) is 2.88. The van der Waals surface area contributed by atoms with Crippen molar-refractivity contribution < 1.29 is 14.3 Å². The summed E-state index contributed by atoms with van der Waals surface area (Å²) < 4.78 is 10.4. The van der Waals surface area contributed by atoms with Gasteiger partial charge in [-0.05, 0) is 43.5 Å². The third-order valence-corrected chi connectivity index (χ3v) is 4.18. The van der Waals surface area contributed by atoms with Crippen LogP contribution in [0.1, 0.15) is 24.8 Å². The van der Waals surface area contributed by atoms with Gasteiger partial charge in [0.1, 0.15) is 5.75 Å². The fourth-order valence-corrected chi connectivity index (χ4v) is 2.88. The van der Waals surface area contributed by atoms with Crippen LogP contribution in [-0.2, 0) is 16.0 Å². The first-order valence-electron chi connectivity index (χ1n) is 7.81. The van der Waals surface area contributed by atoms with Gasteiger partial charge in [-0.2, -0.15) is 0 Å². The minimum atomic E-state index is -0.0927. The molecule has 0 bridgehead atoms. The van der Waals surface area contributed by atoms with E-state index in [1.54, 1.807) is 14.2 Å². The normalized spacial score (nSPS) is 20.8. The molecule has 1 saturated heterocycles. The Morgan fingerprint density at radius 2 is 2.09 bits per heavy atom. The molecule has 22 heavy (non-hydrogen) atoms. The minimum absolute atomic E-state index is 0.0833. The number of aryl methyl sites for hydroxylation is 1. The molecule has 2 rings (SSSR count). The monoisotopic (exact) mass is 306 g/mol. The maximum Gasteiger partial charge on any atom is 0.220 e. The van der Waals surface area contributed by atoms with Crippen LogP contribution in [0.3, 0.4) is 0 Å². The molecule has 1 aliphatic heterocycles. The summed E-state index contributed by atoms with van der Waals surface area (Å²) in [6.45, 7) is 2.25. The number of carbonyl (C=O) groups excluding carboxylic acids is 1.